The van der Waals surface area contributed by atoms with Gasteiger partial charge in [0.05, 0.1) is 0 Å². The van der Waals surface area contributed by atoms with Crippen LogP contribution in [0, 0.1) is 11.3 Å². The van der Waals surface area contributed by atoms with Crippen molar-refractivity contribution in [2.24, 2.45) is 11.3 Å². The fourth-order valence-electron chi connectivity index (χ4n) is 1.42. The van der Waals surface area contributed by atoms with E-state index in [1.54, 1.807) is 0 Å². The number of carbonyl (C=O) groups is 1. The van der Waals surface area contributed by atoms with Crippen LogP contribution in [0.2, 0.25) is 0 Å². The van der Waals surface area contributed by atoms with Crippen molar-refractivity contribution in [2.75, 3.05) is 20.1 Å². The van der Waals surface area contributed by atoms with E-state index in [-0.39, 0.29) is 5.41 Å². The molecule has 0 amide bonds. The molecule has 0 aromatic heterocycles. The minimum absolute atomic E-state index is 0.183. The van der Waals surface area contributed by atoms with E-state index in [0.29, 0.717) is 12.2 Å². The van der Waals surface area contributed by atoms with E-state index in [1.807, 2.05) is 20.8 Å². The number of rotatable bonds is 6. The molecule has 0 spiro atoms. The molecule has 1 atom stereocenters. The molecule has 0 N–H and O–H groups in total. The molecule has 0 heterocycles. The summed E-state index contributed by atoms with van der Waals surface area (Å²) >= 11 is 0. The zero-order chi connectivity index (χ0) is 12.1. The van der Waals surface area contributed by atoms with E-state index in [0.717, 1.165) is 19.0 Å². The first-order valence-electron chi connectivity index (χ1n) is 5.99. The standard InChI is InChI=1S/C13H27NO/c1-7-11(2)10-14(6)9-8-12(15)13(3,4)5/h11H,7-10H2,1-6H3. The maximum Gasteiger partial charge on any atom is 0.139 e. The quantitative estimate of drug-likeness (QED) is 0.676. The Morgan fingerprint density at radius 2 is 1.87 bits per heavy atom. The van der Waals surface area contributed by atoms with Gasteiger partial charge in [0.2, 0.25) is 0 Å². The normalized spacial score (nSPS) is 14.3. The molecule has 0 saturated carbocycles. The van der Waals surface area contributed by atoms with Crippen LogP contribution in [0.3, 0.4) is 0 Å². The summed E-state index contributed by atoms with van der Waals surface area (Å²) in [5.74, 6) is 1.08. The van der Waals surface area contributed by atoms with Crippen LogP contribution < -0.4 is 0 Å². The first kappa shape index (κ1) is 14.6. The van der Waals surface area contributed by atoms with Gasteiger partial charge in [-0.2, -0.15) is 0 Å². The molecule has 0 rings (SSSR count). The SMILES string of the molecule is CCC(C)CN(C)CCC(=O)C(C)(C)C. The van der Waals surface area contributed by atoms with Crippen molar-refractivity contribution in [3.8, 4) is 0 Å². The predicted octanol–water partition coefficient (Wildman–Crippen LogP) is 2.97. The fourth-order valence-corrected chi connectivity index (χ4v) is 1.42. The largest absolute Gasteiger partial charge is 0.306 e. The Morgan fingerprint density at radius 3 is 2.27 bits per heavy atom. The molecule has 2 heteroatoms. The van der Waals surface area contributed by atoms with Crippen molar-refractivity contribution in [1.29, 1.82) is 0 Å². The topological polar surface area (TPSA) is 20.3 Å². The average Bonchev–Trinajstić information content (AvgIpc) is 2.12. The highest BCUT2D eigenvalue weighted by molar-refractivity contribution is 5.83. The summed E-state index contributed by atoms with van der Waals surface area (Å²) < 4.78 is 0. The summed E-state index contributed by atoms with van der Waals surface area (Å²) in [6.45, 7) is 12.4. The number of hydrogen-bond acceptors (Lipinski definition) is 2. The highest BCUT2D eigenvalue weighted by atomic mass is 16.1. The Bertz CT molecular complexity index is 193. The zero-order valence-electron chi connectivity index (χ0n) is 11.3. The second-order valence-electron chi connectivity index (χ2n) is 5.70. The van der Waals surface area contributed by atoms with Gasteiger partial charge < -0.3 is 4.90 Å². The molecule has 2 nitrogen and oxygen atoms in total. The van der Waals surface area contributed by atoms with Crippen LogP contribution >= 0.6 is 0 Å². The lowest BCUT2D eigenvalue weighted by atomic mass is 9.89. The first-order valence-corrected chi connectivity index (χ1v) is 5.99. The highest BCUT2D eigenvalue weighted by Gasteiger charge is 2.20. The van der Waals surface area contributed by atoms with E-state index < -0.39 is 0 Å². The smallest absolute Gasteiger partial charge is 0.139 e. The molecule has 0 saturated heterocycles. The Morgan fingerprint density at radius 1 is 1.33 bits per heavy atom. The van der Waals surface area contributed by atoms with E-state index in [4.69, 9.17) is 0 Å². The lowest BCUT2D eigenvalue weighted by Crippen LogP contribution is -2.29. The lowest BCUT2D eigenvalue weighted by molar-refractivity contribution is -0.126. The molecule has 0 aliphatic carbocycles. The third-order valence-electron chi connectivity index (χ3n) is 2.88. The number of nitrogens with zero attached hydrogens (tertiary/aromatic N) is 1. The summed E-state index contributed by atoms with van der Waals surface area (Å²) in [6.07, 6.45) is 1.88. The van der Waals surface area contributed by atoms with Gasteiger partial charge >= 0.3 is 0 Å². The fraction of sp³-hybridized carbons (Fsp3) is 0.923. The maximum absolute atomic E-state index is 11.7. The van der Waals surface area contributed by atoms with Gasteiger partial charge in [0.1, 0.15) is 5.78 Å². The van der Waals surface area contributed by atoms with Gasteiger partial charge in [-0.05, 0) is 13.0 Å². The molecule has 0 fully saturated rings. The van der Waals surface area contributed by atoms with Crippen molar-refractivity contribution >= 4 is 5.78 Å². The van der Waals surface area contributed by atoms with Crippen LogP contribution in [-0.4, -0.2) is 30.8 Å². The van der Waals surface area contributed by atoms with Crippen LogP contribution in [-0.2, 0) is 4.79 Å². The molecule has 0 bridgehead atoms. The summed E-state index contributed by atoms with van der Waals surface area (Å²) in [5.41, 5.74) is -0.183. The summed E-state index contributed by atoms with van der Waals surface area (Å²) in [5, 5.41) is 0. The highest BCUT2D eigenvalue weighted by Crippen LogP contribution is 2.16. The first-order chi connectivity index (χ1) is 6.77. The molecular formula is C13H27NO. The molecule has 1 unspecified atom stereocenters. The van der Waals surface area contributed by atoms with Crippen LogP contribution in [0.1, 0.15) is 47.5 Å². The molecule has 0 aliphatic heterocycles. The third kappa shape index (κ3) is 6.67. The maximum atomic E-state index is 11.7. The summed E-state index contributed by atoms with van der Waals surface area (Å²) in [6, 6.07) is 0. The second-order valence-corrected chi connectivity index (χ2v) is 5.70. The molecule has 0 aliphatic rings. The van der Waals surface area contributed by atoms with E-state index in [2.05, 4.69) is 25.8 Å². The Kier molecular flexibility index (Phi) is 6.11. The number of hydrogen-bond donors (Lipinski definition) is 0. The minimum atomic E-state index is -0.183. The van der Waals surface area contributed by atoms with Gasteiger partial charge in [0.25, 0.3) is 0 Å². The number of carbonyl (C=O) groups excluding carboxylic acids is 1. The van der Waals surface area contributed by atoms with Gasteiger partial charge in [-0.25, -0.2) is 0 Å². The second kappa shape index (κ2) is 6.26. The number of ketones is 1. The lowest BCUT2D eigenvalue weighted by Gasteiger charge is -2.22. The molecule has 0 aromatic rings. The minimum Gasteiger partial charge on any atom is -0.306 e. The van der Waals surface area contributed by atoms with Crippen LogP contribution in [0.4, 0.5) is 0 Å². The Balaban J connectivity index is 3.81. The predicted molar refractivity (Wildman–Crippen MR) is 66.0 cm³/mol. The summed E-state index contributed by atoms with van der Waals surface area (Å²) in [7, 11) is 2.10. The average molecular weight is 213 g/mol. The van der Waals surface area contributed by atoms with Crippen LogP contribution in [0.25, 0.3) is 0 Å². The van der Waals surface area contributed by atoms with Crippen molar-refractivity contribution in [3.05, 3.63) is 0 Å². The third-order valence-corrected chi connectivity index (χ3v) is 2.88. The van der Waals surface area contributed by atoms with Crippen molar-refractivity contribution in [1.82, 2.24) is 4.90 Å². The zero-order valence-corrected chi connectivity index (χ0v) is 11.3. The summed E-state index contributed by atoms with van der Waals surface area (Å²) in [4.78, 5) is 14.0. The van der Waals surface area contributed by atoms with E-state index in [9.17, 15) is 4.79 Å². The van der Waals surface area contributed by atoms with Gasteiger partial charge in [0, 0.05) is 24.9 Å². The van der Waals surface area contributed by atoms with Crippen molar-refractivity contribution < 1.29 is 4.79 Å². The Hall–Kier alpha value is -0.370. The molecular weight excluding hydrogens is 186 g/mol. The molecule has 90 valence electrons. The van der Waals surface area contributed by atoms with Crippen molar-refractivity contribution in [3.63, 3.8) is 0 Å². The van der Waals surface area contributed by atoms with Gasteiger partial charge in [-0.15, -0.1) is 0 Å². The van der Waals surface area contributed by atoms with Gasteiger partial charge in [-0.1, -0.05) is 41.0 Å². The number of Topliss-reactive ketones (excluding diaryl/α,β-unsaturated/α-hetero) is 1. The Labute approximate surface area is 95.0 Å². The molecule has 0 radical (unpaired) electrons. The van der Waals surface area contributed by atoms with Gasteiger partial charge in [0.15, 0.2) is 0 Å². The van der Waals surface area contributed by atoms with Crippen LogP contribution in [0.15, 0.2) is 0 Å². The molecule has 0 aromatic carbocycles. The van der Waals surface area contributed by atoms with E-state index in [1.165, 1.54) is 6.42 Å². The monoisotopic (exact) mass is 213 g/mol. The van der Waals surface area contributed by atoms with Gasteiger partial charge in [-0.3, -0.25) is 4.79 Å². The molecule has 15 heavy (non-hydrogen) atoms. The van der Waals surface area contributed by atoms with E-state index >= 15 is 0 Å². The van der Waals surface area contributed by atoms with Crippen LogP contribution in [0.5, 0.6) is 0 Å². The van der Waals surface area contributed by atoms with Crippen molar-refractivity contribution in [2.45, 2.75) is 47.5 Å².